The Bertz CT molecular complexity index is 1540. The van der Waals surface area contributed by atoms with Crippen LogP contribution in [0.1, 0.15) is 41.3 Å². The van der Waals surface area contributed by atoms with Crippen LogP contribution in [0, 0.1) is 6.92 Å². The number of benzene rings is 3. The first-order valence-electron chi connectivity index (χ1n) is 14.1. The van der Waals surface area contributed by atoms with E-state index in [9.17, 15) is 27.6 Å². The van der Waals surface area contributed by atoms with Crippen molar-refractivity contribution in [2.75, 3.05) is 19.7 Å². The van der Waals surface area contributed by atoms with Crippen LogP contribution in [0.15, 0.2) is 89.8 Å². The summed E-state index contributed by atoms with van der Waals surface area (Å²) in [6.07, 6.45) is 0.727. The minimum absolute atomic E-state index is 0.00421. The highest BCUT2D eigenvalue weighted by Gasteiger charge is 2.41. The SMILES string of the molecule is CCOC(=O)CN(C(=O)c1ccccc1)C(=O)[C@H](Cc1ccccc1)NC(=O)[C@@H]1CCCN1S(=O)(=O)c1ccc(C)cc1. The Morgan fingerprint density at radius 1 is 0.953 bits per heavy atom. The Hall–Kier alpha value is -4.35. The van der Waals surface area contributed by atoms with E-state index in [2.05, 4.69) is 5.32 Å². The number of hydrogen-bond donors (Lipinski definition) is 1. The molecule has 3 amide bonds. The summed E-state index contributed by atoms with van der Waals surface area (Å²) in [6.45, 7) is 3.00. The van der Waals surface area contributed by atoms with Crippen LogP contribution < -0.4 is 5.32 Å². The summed E-state index contributed by atoms with van der Waals surface area (Å²) in [7, 11) is -3.99. The van der Waals surface area contributed by atoms with Crippen molar-refractivity contribution in [1.82, 2.24) is 14.5 Å². The number of aryl methyl sites for hydroxylation is 1. The number of ether oxygens (including phenoxy) is 1. The van der Waals surface area contributed by atoms with Gasteiger partial charge in [0.15, 0.2) is 0 Å². The largest absolute Gasteiger partial charge is 0.465 e. The van der Waals surface area contributed by atoms with Crippen LogP contribution in [0.4, 0.5) is 0 Å². The summed E-state index contributed by atoms with van der Waals surface area (Å²) in [5.41, 5.74) is 1.77. The molecule has 3 aromatic carbocycles. The monoisotopic (exact) mass is 605 g/mol. The van der Waals surface area contributed by atoms with E-state index in [0.717, 1.165) is 14.8 Å². The van der Waals surface area contributed by atoms with E-state index in [1.807, 2.05) is 6.92 Å². The Balaban J connectivity index is 1.64. The lowest BCUT2D eigenvalue weighted by Crippen LogP contribution is -2.56. The highest BCUT2D eigenvalue weighted by atomic mass is 32.2. The second-order valence-corrected chi connectivity index (χ2v) is 12.1. The lowest BCUT2D eigenvalue weighted by Gasteiger charge is -2.29. The van der Waals surface area contributed by atoms with Gasteiger partial charge in [-0.3, -0.25) is 24.1 Å². The van der Waals surface area contributed by atoms with Gasteiger partial charge in [0.05, 0.1) is 11.5 Å². The molecular formula is C32H35N3O7S. The first kappa shape index (κ1) is 31.6. The molecule has 10 nitrogen and oxygen atoms in total. The van der Waals surface area contributed by atoms with Crippen molar-refractivity contribution in [2.45, 2.75) is 50.1 Å². The maximum absolute atomic E-state index is 14.0. The fraction of sp³-hybridized carbons (Fsp3) is 0.312. The minimum atomic E-state index is -3.99. The third-order valence-electron chi connectivity index (χ3n) is 7.16. The number of imide groups is 1. The number of carbonyl (C=O) groups is 4. The van der Waals surface area contributed by atoms with Crippen LogP contribution in [0.25, 0.3) is 0 Å². The standard InChI is InChI=1S/C32H35N3O7S/c1-3-42-29(36)22-34(31(38)25-13-8-5-9-14-25)32(39)27(21-24-11-6-4-7-12-24)33-30(37)28-15-10-20-35(28)43(40,41)26-18-16-23(2)17-19-26/h4-9,11-14,16-19,27-28H,3,10,15,20-22H2,1-2H3,(H,33,37)/t27-,28-/m0/s1. The molecule has 0 saturated carbocycles. The van der Waals surface area contributed by atoms with E-state index in [1.165, 1.54) is 24.3 Å². The van der Waals surface area contributed by atoms with Gasteiger partial charge in [0.1, 0.15) is 18.6 Å². The molecule has 0 aliphatic carbocycles. The van der Waals surface area contributed by atoms with Crippen molar-refractivity contribution in [3.63, 3.8) is 0 Å². The summed E-state index contributed by atoms with van der Waals surface area (Å²) in [5, 5.41) is 2.72. The molecule has 1 aliphatic rings. The Morgan fingerprint density at radius 2 is 1.58 bits per heavy atom. The second-order valence-electron chi connectivity index (χ2n) is 10.2. The molecule has 2 atom stereocenters. The molecule has 1 heterocycles. The van der Waals surface area contributed by atoms with Crippen molar-refractivity contribution in [3.8, 4) is 0 Å². The number of sulfonamides is 1. The zero-order valence-corrected chi connectivity index (χ0v) is 25.0. The number of esters is 1. The maximum Gasteiger partial charge on any atom is 0.326 e. The molecule has 43 heavy (non-hydrogen) atoms. The Morgan fingerprint density at radius 3 is 2.21 bits per heavy atom. The number of nitrogens with zero attached hydrogens (tertiary/aromatic N) is 2. The number of hydrogen-bond acceptors (Lipinski definition) is 7. The van der Waals surface area contributed by atoms with E-state index >= 15 is 0 Å². The summed E-state index contributed by atoms with van der Waals surface area (Å²) in [4.78, 5) is 54.6. The molecule has 3 aromatic rings. The van der Waals surface area contributed by atoms with E-state index in [-0.39, 0.29) is 36.5 Å². The average Bonchev–Trinajstić information content (AvgIpc) is 3.52. The molecule has 0 unspecified atom stereocenters. The number of rotatable bonds is 11. The molecule has 1 N–H and O–H groups in total. The molecule has 226 valence electrons. The van der Waals surface area contributed by atoms with Crippen LogP contribution in [0.3, 0.4) is 0 Å². The quantitative estimate of drug-likeness (QED) is 0.333. The fourth-order valence-corrected chi connectivity index (χ4v) is 6.62. The number of amides is 3. The maximum atomic E-state index is 14.0. The van der Waals surface area contributed by atoms with Crippen LogP contribution >= 0.6 is 0 Å². The molecule has 0 spiro atoms. The molecule has 1 fully saturated rings. The topological polar surface area (TPSA) is 130 Å². The Kier molecular flexibility index (Phi) is 10.4. The zero-order chi connectivity index (χ0) is 31.0. The smallest absolute Gasteiger partial charge is 0.326 e. The highest BCUT2D eigenvalue weighted by molar-refractivity contribution is 7.89. The summed E-state index contributed by atoms with van der Waals surface area (Å²) >= 11 is 0. The molecule has 4 rings (SSSR count). The lowest BCUT2D eigenvalue weighted by atomic mass is 10.0. The third kappa shape index (κ3) is 7.74. The third-order valence-corrected chi connectivity index (χ3v) is 9.08. The van der Waals surface area contributed by atoms with Crippen LogP contribution in [0.2, 0.25) is 0 Å². The molecular weight excluding hydrogens is 570 g/mol. The van der Waals surface area contributed by atoms with Gasteiger partial charge in [0.2, 0.25) is 15.9 Å². The predicted molar refractivity (Wildman–Crippen MR) is 159 cm³/mol. The van der Waals surface area contributed by atoms with Crippen molar-refractivity contribution < 1.29 is 32.3 Å². The average molecular weight is 606 g/mol. The summed E-state index contributed by atoms with van der Waals surface area (Å²) < 4.78 is 33.1. The van der Waals surface area contributed by atoms with Gasteiger partial charge in [0.25, 0.3) is 11.8 Å². The summed E-state index contributed by atoms with van der Waals surface area (Å²) in [5.74, 6) is -2.98. The fourth-order valence-electron chi connectivity index (χ4n) is 4.96. The van der Waals surface area contributed by atoms with Crippen LogP contribution in [0.5, 0.6) is 0 Å². The van der Waals surface area contributed by atoms with Gasteiger partial charge in [0, 0.05) is 18.5 Å². The van der Waals surface area contributed by atoms with Crippen LogP contribution in [-0.2, 0) is 35.6 Å². The first-order valence-corrected chi connectivity index (χ1v) is 15.5. The van der Waals surface area contributed by atoms with E-state index in [0.29, 0.717) is 12.0 Å². The van der Waals surface area contributed by atoms with Crippen molar-refractivity contribution in [1.29, 1.82) is 0 Å². The van der Waals surface area contributed by atoms with Crippen molar-refractivity contribution in [3.05, 3.63) is 102 Å². The van der Waals surface area contributed by atoms with Gasteiger partial charge in [-0.25, -0.2) is 8.42 Å². The Labute approximate surface area is 251 Å². The van der Waals surface area contributed by atoms with Gasteiger partial charge in [-0.05, 0) is 56.5 Å². The number of carbonyl (C=O) groups excluding carboxylic acids is 4. The molecule has 0 bridgehead atoms. The van der Waals surface area contributed by atoms with E-state index in [1.54, 1.807) is 67.6 Å². The second kappa shape index (κ2) is 14.2. The van der Waals surface area contributed by atoms with E-state index < -0.39 is 52.3 Å². The molecule has 1 aliphatic heterocycles. The summed E-state index contributed by atoms with van der Waals surface area (Å²) in [6, 6.07) is 21.0. The van der Waals surface area contributed by atoms with E-state index in [4.69, 9.17) is 4.74 Å². The lowest BCUT2D eigenvalue weighted by molar-refractivity contribution is -0.148. The van der Waals surface area contributed by atoms with Crippen molar-refractivity contribution >= 4 is 33.7 Å². The van der Waals surface area contributed by atoms with Gasteiger partial charge in [-0.15, -0.1) is 0 Å². The zero-order valence-electron chi connectivity index (χ0n) is 24.1. The van der Waals surface area contributed by atoms with Gasteiger partial charge in [-0.1, -0.05) is 66.2 Å². The molecule has 1 saturated heterocycles. The van der Waals surface area contributed by atoms with Gasteiger partial charge < -0.3 is 10.1 Å². The van der Waals surface area contributed by atoms with Gasteiger partial charge >= 0.3 is 5.97 Å². The first-order chi connectivity index (χ1) is 20.6. The predicted octanol–water partition coefficient (Wildman–Crippen LogP) is 3.11. The normalized spacial score (nSPS) is 15.8. The molecule has 0 radical (unpaired) electrons. The van der Waals surface area contributed by atoms with Crippen molar-refractivity contribution in [2.24, 2.45) is 0 Å². The molecule has 11 heteroatoms. The minimum Gasteiger partial charge on any atom is -0.465 e. The molecule has 0 aromatic heterocycles. The van der Waals surface area contributed by atoms with Crippen LogP contribution in [-0.4, -0.2) is 73.1 Å². The van der Waals surface area contributed by atoms with Gasteiger partial charge in [-0.2, -0.15) is 4.31 Å². The highest BCUT2D eigenvalue weighted by Crippen LogP contribution is 2.27. The number of nitrogens with one attached hydrogen (secondary N) is 1.